The molecule has 0 saturated heterocycles. The van der Waals surface area contributed by atoms with Gasteiger partial charge in [0.1, 0.15) is 11.3 Å². The first-order valence-electron chi connectivity index (χ1n) is 8.29. The van der Waals surface area contributed by atoms with Gasteiger partial charge in [-0.05, 0) is 31.0 Å². The molecule has 1 aromatic rings. The monoisotopic (exact) mass is 408 g/mol. The Morgan fingerprint density at radius 3 is 2.72 bits per heavy atom. The zero-order valence-electron chi connectivity index (χ0n) is 13.9. The smallest absolute Gasteiger partial charge is 0.309 e. The predicted molar refractivity (Wildman–Crippen MR) is 94.8 cm³/mol. The molecule has 0 spiro atoms. The highest BCUT2D eigenvalue weighted by atomic mass is 79.9. The first-order valence-corrected chi connectivity index (χ1v) is 9.09. The van der Waals surface area contributed by atoms with Gasteiger partial charge in [0.15, 0.2) is 6.61 Å². The van der Waals surface area contributed by atoms with Crippen LogP contribution in [0.5, 0.6) is 5.75 Å². The van der Waals surface area contributed by atoms with Gasteiger partial charge in [-0.15, -0.1) is 0 Å². The van der Waals surface area contributed by atoms with Crippen molar-refractivity contribution in [3.63, 3.8) is 0 Å². The van der Waals surface area contributed by atoms with Crippen LogP contribution < -0.4 is 10.1 Å². The van der Waals surface area contributed by atoms with Crippen LogP contribution in [0.2, 0.25) is 0 Å². The minimum Gasteiger partial charge on any atom is -0.493 e. The number of hydrogen-bond donors (Lipinski definition) is 1. The highest BCUT2D eigenvalue weighted by Crippen LogP contribution is 2.27. The molecular formula is C18H21BrN2O4. The lowest BCUT2D eigenvalue weighted by Gasteiger charge is -2.31. The zero-order chi connectivity index (χ0) is 18.1. The summed E-state index contributed by atoms with van der Waals surface area (Å²) in [6.45, 7) is -0.210. The van der Waals surface area contributed by atoms with Crippen molar-refractivity contribution in [3.05, 3.63) is 28.7 Å². The van der Waals surface area contributed by atoms with Crippen molar-refractivity contribution in [2.24, 2.45) is 0 Å². The van der Waals surface area contributed by atoms with Crippen LogP contribution >= 0.6 is 15.9 Å². The highest BCUT2D eigenvalue weighted by molar-refractivity contribution is 9.10. The van der Waals surface area contributed by atoms with Crippen LogP contribution in [0.3, 0.4) is 0 Å². The maximum absolute atomic E-state index is 11.9. The number of nitrogens with zero attached hydrogens (tertiary/aromatic N) is 1. The van der Waals surface area contributed by atoms with Crippen LogP contribution in [0.15, 0.2) is 28.7 Å². The van der Waals surface area contributed by atoms with E-state index in [1.165, 1.54) is 0 Å². The summed E-state index contributed by atoms with van der Waals surface area (Å²) < 4.78 is 11.3. The maximum Gasteiger partial charge on any atom is 0.309 e. The number of ether oxygens (including phenoxy) is 2. The van der Waals surface area contributed by atoms with Crippen LogP contribution in [-0.2, 0) is 14.3 Å². The summed E-state index contributed by atoms with van der Waals surface area (Å²) in [7, 11) is 0. The van der Waals surface area contributed by atoms with Gasteiger partial charge in [0.25, 0.3) is 5.91 Å². The summed E-state index contributed by atoms with van der Waals surface area (Å²) in [5.41, 5.74) is -0.814. The Hall–Kier alpha value is -2.07. The minimum absolute atomic E-state index is 0.0448. The number of nitriles is 1. The number of rotatable bonds is 7. The fourth-order valence-corrected chi connectivity index (χ4v) is 3.13. The number of carbonyl (C=O) groups is 2. The molecule has 1 amide bonds. The Kier molecular flexibility index (Phi) is 7.26. The lowest BCUT2D eigenvalue weighted by Crippen LogP contribution is -2.50. The van der Waals surface area contributed by atoms with Crippen molar-refractivity contribution in [2.75, 3.05) is 13.2 Å². The topological polar surface area (TPSA) is 88.4 Å². The van der Waals surface area contributed by atoms with E-state index in [1.54, 1.807) is 12.1 Å². The molecular weight excluding hydrogens is 388 g/mol. The van der Waals surface area contributed by atoms with E-state index in [-0.39, 0.29) is 19.6 Å². The van der Waals surface area contributed by atoms with Crippen molar-refractivity contribution in [3.8, 4) is 11.8 Å². The molecule has 1 fully saturated rings. The van der Waals surface area contributed by atoms with Crippen molar-refractivity contribution >= 4 is 27.8 Å². The predicted octanol–water partition coefficient (Wildman–Crippen LogP) is 3.10. The van der Waals surface area contributed by atoms with Gasteiger partial charge in [-0.2, -0.15) is 5.26 Å². The summed E-state index contributed by atoms with van der Waals surface area (Å²) in [6, 6.07) is 9.49. The summed E-state index contributed by atoms with van der Waals surface area (Å²) in [6.07, 6.45) is 4.24. The summed E-state index contributed by atoms with van der Waals surface area (Å²) in [5.74, 6) is -0.308. The molecule has 0 aromatic heterocycles. The number of carbonyl (C=O) groups excluding carboxylic acids is 2. The molecule has 0 bridgehead atoms. The van der Waals surface area contributed by atoms with Crippen LogP contribution in [0.1, 0.15) is 38.5 Å². The molecule has 1 aliphatic rings. The van der Waals surface area contributed by atoms with E-state index in [1.807, 2.05) is 12.1 Å². The van der Waals surface area contributed by atoms with E-state index in [0.717, 1.165) is 23.7 Å². The highest BCUT2D eigenvalue weighted by Gasteiger charge is 2.33. The SMILES string of the molecule is N#CC1(NC(=O)COC(=O)CCOc2cccc(Br)c2)CCCCC1. The second-order valence-corrected chi connectivity index (χ2v) is 6.93. The van der Waals surface area contributed by atoms with Crippen LogP contribution in [0, 0.1) is 11.3 Å². The van der Waals surface area contributed by atoms with Gasteiger partial charge in [-0.3, -0.25) is 9.59 Å². The summed E-state index contributed by atoms with van der Waals surface area (Å²) >= 11 is 3.34. The molecule has 1 saturated carbocycles. The second kappa shape index (κ2) is 9.42. The summed E-state index contributed by atoms with van der Waals surface area (Å²) in [4.78, 5) is 23.6. The first kappa shape index (κ1) is 19.3. The minimum atomic E-state index is -0.814. The van der Waals surface area contributed by atoms with Crippen LogP contribution in [-0.4, -0.2) is 30.6 Å². The molecule has 0 heterocycles. The maximum atomic E-state index is 11.9. The van der Waals surface area contributed by atoms with Gasteiger partial charge in [-0.1, -0.05) is 41.3 Å². The molecule has 25 heavy (non-hydrogen) atoms. The first-order chi connectivity index (χ1) is 12.0. The quantitative estimate of drug-likeness (QED) is 0.700. The third-order valence-electron chi connectivity index (χ3n) is 4.04. The average molecular weight is 409 g/mol. The van der Waals surface area contributed by atoms with Gasteiger partial charge < -0.3 is 14.8 Å². The van der Waals surface area contributed by atoms with Gasteiger partial charge in [0.2, 0.25) is 0 Å². The molecule has 2 rings (SSSR count). The number of nitrogens with one attached hydrogen (secondary N) is 1. The summed E-state index contributed by atoms with van der Waals surface area (Å²) in [5, 5.41) is 12.0. The van der Waals surface area contributed by atoms with Gasteiger partial charge in [-0.25, -0.2) is 0 Å². The molecule has 0 atom stereocenters. The van der Waals surface area contributed by atoms with Gasteiger partial charge in [0.05, 0.1) is 19.1 Å². The number of esters is 1. The number of benzene rings is 1. The standard InChI is InChI=1S/C18H21BrN2O4/c19-14-5-4-6-15(11-14)24-10-7-17(23)25-12-16(22)21-18(13-20)8-2-1-3-9-18/h4-6,11H,1-3,7-10,12H2,(H,21,22). The van der Waals surface area contributed by atoms with E-state index in [9.17, 15) is 14.9 Å². The molecule has 0 unspecified atom stereocenters. The second-order valence-electron chi connectivity index (χ2n) is 6.02. The van der Waals surface area contributed by atoms with E-state index in [4.69, 9.17) is 9.47 Å². The molecule has 1 N–H and O–H groups in total. The van der Waals surface area contributed by atoms with Gasteiger partial charge in [0, 0.05) is 4.47 Å². The normalized spacial score (nSPS) is 15.7. The number of hydrogen-bond acceptors (Lipinski definition) is 5. The molecule has 6 nitrogen and oxygen atoms in total. The van der Waals surface area contributed by atoms with Crippen LogP contribution in [0.4, 0.5) is 0 Å². The Morgan fingerprint density at radius 2 is 2.04 bits per heavy atom. The average Bonchev–Trinajstić information content (AvgIpc) is 2.61. The Morgan fingerprint density at radius 1 is 1.28 bits per heavy atom. The Bertz CT molecular complexity index is 651. The third kappa shape index (κ3) is 6.39. The molecule has 1 aliphatic carbocycles. The molecule has 134 valence electrons. The van der Waals surface area contributed by atoms with E-state index < -0.39 is 17.4 Å². The molecule has 7 heteroatoms. The molecule has 0 aliphatic heterocycles. The van der Waals surface area contributed by atoms with Crippen molar-refractivity contribution < 1.29 is 19.1 Å². The van der Waals surface area contributed by atoms with Crippen molar-refractivity contribution in [2.45, 2.75) is 44.1 Å². The lowest BCUT2D eigenvalue weighted by molar-refractivity contribution is -0.149. The van der Waals surface area contributed by atoms with E-state index in [0.29, 0.717) is 18.6 Å². The zero-order valence-corrected chi connectivity index (χ0v) is 15.5. The van der Waals surface area contributed by atoms with E-state index >= 15 is 0 Å². The van der Waals surface area contributed by atoms with E-state index in [2.05, 4.69) is 27.3 Å². The van der Waals surface area contributed by atoms with Crippen LogP contribution in [0.25, 0.3) is 0 Å². The Labute approximate surface area is 155 Å². The number of halogens is 1. The fourth-order valence-electron chi connectivity index (χ4n) is 2.75. The third-order valence-corrected chi connectivity index (χ3v) is 4.53. The van der Waals surface area contributed by atoms with Crippen molar-refractivity contribution in [1.29, 1.82) is 5.26 Å². The Balaban J connectivity index is 1.67. The fraction of sp³-hybridized carbons (Fsp3) is 0.500. The van der Waals surface area contributed by atoms with Gasteiger partial charge >= 0.3 is 5.97 Å². The largest absolute Gasteiger partial charge is 0.493 e. The lowest BCUT2D eigenvalue weighted by atomic mass is 9.83. The molecule has 1 aromatic carbocycles. The molecule has 0 radical (unpaired) electrons. The number of amides is 1. The van der Waals surface area contributed by atoms with Crippen molar-refractivity contribution in [1.82, 2.24) is 5.32 Å².